The van der Waals surface area contributed by atoms with Crippen LogP contribution in [-0.4, -0.2) is 59.7 Å². The maximum atomic E-state index is 13.4. The molecular weight excluding hydrogens is 345 g/mol. The highest BCUT2D eigenvalue weighted by Crippen LogP contribution is 2.24. The van der Waals surface area contributed by atoms with Gasteiger partial charge in [0.2, 0.25) is 17.7 Å². The first-order valence-corrected chi connectivity index (χ1v) is 8.23. The SMILES string of the molecule is O=C(CN1C(=O)CCC1=O)NCCN1Cc2cc(F)ccc2OCC1=O. The number of hydrogen-bond donors (Lipinski definition) is 1. The van der Waals surface area contributed by atoms with Crippen molar-refractivity contribution in [2.24, 2.45) is 0 Å². The normalized spacial score (nSPS) is 17.0. The minimum Gasteiger partial charge on any atom is -0.483 e. The summed E-state index contributed by atoms with van der Waals surface area (Å²) in [6.45, 7) is 0.0360. The van der Waals surface area contributed by atoms with E-state index in [1.807, 2.05) is 0 Å². The highest BCUT2D eigenvalue weighted by molar-refractivity contribution is 6.04. The first kappa shape index (κ1) is 17.8. The monoisotopic (exact) mass is 363 g/mol. The largest absolute Gasteiger partial charge is 0.483 e. The molecular formula is C17H18FN3O5. The third-order valence-corrected chi connectivity index (χ3v) is 4.25. The number of halogens is 1. The van der Waals surface area contributed by atoms with E-state index in [-0.39, 0.29) is 63.3 Å². The van der Waals surface area contributed by atoms with Crippen molar-refractivity contribution in [3.05, 3.63) is 29.6 Å². The summed E-state index contributed by atoms with van der Waals surface area (Å²) in [7, 11) is 0. The zero-order valence-corrected chi connectivity index (χ0v) is 14.0. The number of carbonyl (C=O) groups is 4. The van der Waals surface area contributed by atoms with Crippen LogP contribution in [0, 0.1) is 5.82 Å². The van der Waals surface area contributed by atoms with Crippen molar-refractivity contribution < 1.29 is 28.3 Å². The Hall–Kier alpha value is -2.97. The number of likely N-dealkylation sites (tertiary alicyclic amines) is 1. The lowest BCUT2D eigenvalue weighted by atomic mass is 10.2. The van der Waals surface area contributed by atoms with Gasteiger partial charge in [0.05, 0.1) is 0 Å². The van der Waals surface area contributed by atoms with Gasteiger partial charge in [-0.2, -0.15) is 0 Å². The van der Waals surface area contributed by atoms with Crippen LogP contribution < -0.4 is 10.1 Å². The Morgan fingerprint density at radius 1 is 1.15 bits per heavy atom. The average Bonchev–Trinajstić information content (AvgIpc) is 2.82. The molecule has 4 amide bonds. The van der Waals surface area contributed by atoms with Gasteiger partial charge < -0.3 is 15.0 Å². The van der Waals surface area contributed by atoms with Crippen molar-refractivity contribution in [1.29, 1.82) is 0 Å². The number of nitrogens with zero attached hydrogens (tertiary/aromatic N) is 2. The van der Waals surface area contributed by atoms with E-state index in [4.69, 9.17) is 4.74 Å². The number of fused-ring (bicyclic) bond motifs is 1. The van der Waals surface area contributed by atoms with Gasteiger partial charge >= 0.3 is 0 Å². The van der Waals surface area contributed by atoms with Crippen LogP contribution >= 0.6 is 0 Å². The predicted molar refractivity (Wildman–Crippen MR) is 86.3 cm³/mol. The van der Waals surface area contributed by atoms with Crippen molar-refractivity contribution in [3.63, 3.8) is 0 Å². The van der Waals surface area contributed by atoms with Gasteiger partial charge in [-0.05, 0) is 18.2 Å². The number of nitrogens with one attached hydrogen (secondary N) is 1. The van der Waals surface area contributed by atoms with E-state index in [1.54, 1.807) is 0 Å². The lowest BCUT2D eigenvalue weighted by Crippen LogP contribution is -2.43. The Bertz CT molecular complexity index is 751. The number of hydrogen-bond acceptors (Lipinski definition) is 5. The molecule has 1 aromatic rings. The molecule has 8 nitrogen and oxygen atoms in total. The van der Waals surface area contributed by atoms with Gasteiger partial charge in [-0.25, -0.2) is 4.39 Å². The summed E-state index contributed by atoms with van der Waals surface area (Å²) in [5.41, 5.74) is 0.551. The summed E-state index contributed by atoms with van der Waals surface area (Å²) >= 11 is 0. The van der Waals surface area contributed by atoms with E-state index in [2.05, 4.69) is 5.32 Å². The second-order valence-electron chi connectivity index (χ2n) is 6.08. The minimum absolute atomic E-state index is 0.129. The third-order valence-electron chi connectivity index (χ3n) is 4.25. The maximum absolute atomic E-state index is 13.4. The highest BCUT2D eigenvalue weighted by atomic mass is 19.1. The molecule has 0 bridgehead atoms. The molecule has 1 aromatic carbocycles. The van der Waals surface area contributed by atoms with Gasteiger partial charge in [0.15, 0.2) is 6.61 Å². The summed E-state index contributed by atoms with van der Waals surface area (Å²) in [5.74, 6) is -1.43. The van der Waals surface area contributed by atoms with Crippen LogP contribution in [-0.2, 0) is 25.7 Å². The Kier molecular flexibility index (Phi) is 5.15. The Morgan fingerprint density at radius 2 is 1.88 bits per heavy atom. The smallest absolute Gasteiger partial charge is 0.260 e. The topological polar surface area (TPSA) is 96.0 Å². The molecule has 2 aliphatic heterocycles. The van der Waals surface area contributed by atoms with E-state index >= 15 is 0 Å². The lowest BCUT2D eigenvalue weighted by molar-refractivity contribution is -0.142. The third kappa shape index (κ3) is 3.98. The molecule has 3 rings (SSSR count). The summed E-state index contributed by atoms with van der Waals surface area (Å²) in [6, 6.07) is 4.05. The summed E-state index contributed by atoms with van der Waals surface area (Å²) in [6.07, 6.45) is 0.259. The molecule has 0 aromatic heterocycles. The van der Waals surface area contributed by atoms with E-state index in [0.717, 1.165) is 4.90 Å². The second-order valence-corrected chi connectivity index (χ2v) is 6.08. The fourth-order valence-electron chi connectivity index (χ4n) is 2.87. The first-order chi connectivity index (χ1) is 12.4. The van der Waals surface area contributed by atoms with Gasteiger partial charge in [0.1, 0.15) is 18.1 Å². The van der Waals surface area contributed by atoms with E-state index in [1.165, 1.54) is 23.1 Å². The number of rotatable bonds is 5. The van der Waals surface area contributed by atoms with E-state index in [9.17, 15) is 23.6 Å². The molecule has 2 heterocycles. The molecule has 26 heavy (non-hydrogen) atoms. The number of amides is 4. The van der Waals surface area contributed by atoms with Crippen LogP contribution in [0.2, 0.25) is 0 Å². The molecule has 0 aliphatic carbocycles. The molecule has 138 valence electrons. The Labute approximate surface area is 148 Å². The molecule has 0 radical (unpaired) electrons. The number of imide groups is 1. The molecule has 0 spiro atoms. The van der Waals surface area contributed by atoms with Crippen molar-refractivity contribution >= 4 is 23.6 Å². The predicted octanol–water partition coefficient (Wildman–Crippen LogP) is -0.188. The fraction of sp³-hybridized carbons (Fsp3) is 0.412. The van der Waals surface area contributed by atoms with Gasteiger partial charge in [-0.15, -0.1) is 0 Å². The molecule has 1 fully saturated rings. The molecule has 2 aliphatic rings. The zero-order valence-electron chi connectivity index (χ0n) is 14.0. The van der Waals surface area contributed by atoms with Gasteiger partial charge in [0, 0.05) is 38.0 Å². The van der Waals surface area contributed by atoms with Crippen LogP contribution in [0.5, 0.6) is 5.75 Å². The van der Waals surface area contributed by atoms with Crippen molar-refractivity contribution in [3.8, 4) is 5.75 Å². The van der Waals surface area contributed by atoms with Gasteiger partial charge in [-0.3, -0.25) is 24.1 Å². The van der Waals surface area contributed by atoms with Crippen LogP contribution in [0.15, 0.2) is 18.2 Å². The Balaban J connectivity index is 1.52. The standard InChI is InChI=1S/C17H18FN3O5/c18-12-1-2-13-11(7-12)8-20(17(25)10-26-13)6-5-19-14(22)9-21-15(23)3-4-16(21)24/h1-2,7H,3-6,8-10H2,(H,19,22). The van der Waals surface area contributed by atoms with Crippen LogP contribution in [0.25, 0.3) is 0 Å². The lowest BCUT2D eigenvalue weighted by Gasteiger charge is -2.20. The molecule has 0 saturated carbocycles. The summed E-state index contributed by atoms with van der Waals surface area (Å²) in [5, 5.41) is 2.58. The molecule has 0 unspecified atom stereocenters. The maximum Gasteiger partial charge on any atom is 0.260 e. The minimum atomic E-state index is -0.474. The van der Waals surface area contributed by atoms with E-state index in [0.29, 0.717) is 11.3 Å². The fourth-order valence-corrected chi connectivity index (χ4v) is 2.87. The number of benzene rings is 1. The van der Waals surface area contributed by atoms with Crippen molar-refractivity contribution in [2.75, 3.05) is 26.2 Å². The van der Waals surface area contributed by atoms with Gasteiger partial charge in [-0.1, -0.05) is 0 Å². The summed E-state index contributed by atoms with van der Waals surface area (Å²) in [4.78, 5) is 49.4. The first-order valence-electron chi connectivity index (χ1n) is 8.23. The zero-order chi connectivity index (χ0) is 18.7. The van der Waals surface area contributed by atoms with Gasteiger partial charge in [0.25, 0.3) is 5.91 Å². The van der Waals surface area contributed by atoms with Crippen molar-refractivity contribution in [2.45, 2.75) is 19.4 Å². The Morgan fingerprint density at radius 3 is 2.62 bits per heavy atom. The average molecular weight is 363 g/mol. The van der Waals surface area contributed by atoms with Crippen LogP contribution in [0.1, 0.15) is 18.4 Å². The molecule has 1 N–H and O–H groups in total. The van der Waals surface area contributed by atoms with E-state index < -0.39 is 11.7 Å². The van der Waals surface area contributed by atoms with Crippen LogP contribution in [0.4, 0.5) is 4.39 Å². The molecule has 1 saturated heterocycles. The number of ether oxygens (including phenoxy) is 1. The highest BCUT2D eigenvalue weighted by Gasteiger charge is 2.30. The quantitative estimate of drug-likeness (QED) is 0.732. The number of carbonyl (C=O) groups excluding carboxylic acids is 4. The van der Waals surface area contributed by atoms with Crippen molar-refractivity contribution in [1.82, 2.24) is 15.1 Å². The molecule has 9 heteroatoms. The van der Waals surface area contributed by atoms with Crippen LogP contribution in [0.3, 0.4) is 0 Å². The summed E-state index contributed by atoms with van der Waals surface area (Å²) < 4.78 is 18.7. The molecule has 0 atom stereocenters. The second kappa shape index (κ2) is 7.51.